The number of benzene rings is 5. The zero-order chi connectivity index (χ0) is 40.1. The predicted octanol–water partition coefficient (Wildman–Crippen LogP) is 12.3. The fourth-order valence-corrected chi connectivity index (χ4v) is 6.55. The second-order valence-corrected chi connectivity index (χ2v) is 13.5. The Morgan fingerprint density at radius 1 is 0.712 bits per heavy atom. The van der Waals surface area contributed by atoms with E-state index in [0.29, 0.717) is 33.2 Å². The SMILES string of the molecule is [2H]C([2H])([2H])c1ccc2c(c1)oc1c(-c3cc(-c4ccc5c(cnc6ccccc65)c4)c(C(C)(C)C)cn3)[c-]cc(C([2H])([2H])[2H])c12.[Ir].[c-]1ccccc1-c1ccccn1. The maximum atomic E-state index is 8.21. The molecule has 4 nitrogen and oxygen atoms in total. The van der Waals surface area contributed by atoms with Gasteiger partial charge in [0.1, 0.15) is 5.58 Å². The standard InChI is InChI=1S/C36H29N2O.C11H8N.Ir/c1-21-10-13-28-33(16-21)39-35-27(14-11-22(2)34(28)35)32-18-29(30(20-38-32)36(3,4)5)23-12-15-25-24(17-23)19-37-31-9-7-6-8-26(25)31;1-2-6-10(7-3-1)11-8-4-5-9-12-11;/h6-13,15-20H,1-5H3;1-6,8-9H;/q2*-1;/i1D3,2D3;;. The van der Waals surface area contributed by atoms with Crippen molar-refractivity contribution in [1.29, 1.82) is 0 Å². The fraction of sp³-hybridized carbons (Fsp3) is 0.128. The van der Waals surface area contributed by atoms with Crippen LogP contribution in [0.25, 0.3) is 77.3 Å². The Morgan fingerprint density at radius 3 is 2.35 bits per heavy atom. The molecule has 257 valence electrons. The van der Waals surface area contributed by atoms with E-state index in [0.717, 1.165) is 49.6 Å². The molecule has 0 saturated heterocycles. The third-order valence-corrected chi connectivity index (χ3v) is 9.06. The number of para-hydroxylation sites is 1. The van der Waals surface area contributed by atoms with Gasteiger partial charge in [-0.1, -0.05) is 99.2 Å². The van der Waals surface area contributed by atoms with E-state index in [9.17, 15) is 0 Å². The first-order valence-corrected chi connectivity index (χ1v) is 16.8. The monoisotopic (exact) mass is 858 g/mol. The minimum atomic E-state index is -2.44. The molecule has 0 spiro atoms. The third kappa shape index (κ3) is 6.66. The summed E-state index contributed by atoms with van der Waals surface area (Å²) in [7, 11) is 0. The molecular formula is C47H37IrN3O-2. The van der Waals surface area contributed by atoms with Gasteiger partial charge in [0.25, 0.3) is 0 Å². The Bertz CT molecular complexity index is 2880. The molecule has 0 amide bonds. The molecule has 0 fully saturated rings. The first kappa shape index (κ1) is 28.1. The van der Waals surface area contributed by atoms with Crippen molar-refractivity contribution in [2.75, 3.05) is 0 Å². The first-order chi connectivity index (χ1) is 27.2. The maximum Gasteiger partial charge on any atom is 0.121 e. The van der Waals surface area contributed by atoms with Gasteiger partial charge < -0.3 is 14.4 Å². The quantitative estimate of drug-likeness (QED) is 0.131. The number of aromatic nitrogens is 3. The summed E-state index contributed by atoms with van der Waals surface area (Å²) in [6.07, 6.45) is 5.54. The van der Waals surface area contributed by atoms with Crippen molar-refractivity contribution >= 4 is 43.6 Å². The molecule has 52 heavy (non-hydrogen) atoms. The summed E-state index contributed by atoms with van der Waals surface area (Å²) >= 11 is 0. The zero-order valence-corrected chi connectivity index (χ0v) is 31.2. The maximum absolute atomic E-state index is 8.21. The third-order valence-electron chi connectivity index (χ3n) is 9.06. The largest absolute Gasteiger partial charge is 0.501 e. The molecule has 0 bridgehead atoms. The van der Waals surface area contributed by atoms with Gasteiger partial charge in [0.2, 0.25) is 0 Å². The van der Waals surface area contributed by atoms with Crippen molar-refractivity contribution in [3.05, 3.63) is 163 Å². The van der Waals surface area contributed by atoms with Gasteiger partial charge in [-0.2, -0.15) is 0 Å². The molecule has 0 atom stereocenters. The molecule has 0 aliphatic rings. The topological polar surface area (TPSA) is 51.8 Å². The second-order valence-electron chi connectivity index (χ2n) is 13.5. The van der Waals surface area contributed by atoms with Gasteiger partial charge in [0, 0.05) is 63.1 Å². The molecule has 0 aliphatic heterocycles. The molecule has 0 unspecified atom stereocenters. The summed E-state index contributed by atoms with van der Waals surface area (Å²) in [4.78, 5) is 13.7. The number of hydrogen-bond acceptors (Lipinski definition) is 4. The minimum Gasteiger partial charge on any atom is -0.501 e. The van der Waals surface area contributed by atoms with Crippen LogP contribution in [-0.4, -0.2) is 15.0 Å². The Balaban J connectivity index is 0.000000336. The molecule has 0 saturated carbocycles. The van der Waals surface area contributed by atoms with E-state index in [2.05, 4.69) is 67.1 Å². The Hall–Kier alpha value is -5.48. The number of nitrogens with zero attached hydrogens (tertiary/aromatic N) is 3. The number of furan rings is 1. The van der Waals surface area contributed by atoms with Crippen molar-refractivity contribution in [3.63, 3.8) is 0 Å². The van der Waals surface area contributed by atoms with E-state index < -0.39 is 13.7 Å². The van der Waals surface area contributed by atoms with E-state index >= 15 is 0 Å². The van der Waals surface area contributed by atoms with E-state index in [-0.39, 0.29) is 36.6 Å². The molecule has 0 aliphatic carbocycles. The number of rotatable bonds is 3. The summed E-state index contributed by atoms with van der Waals surface area (Å²) in [5, 5.41) is 4.15. The van der Waals surface area contributed by atoms with Gasteiger partial charge >= 0.3 is 0 Å². The number of fused-ring (bicyclic) bond motifs is 6. The molecule has 9 rings (SSSR count). The summed E-state index contributed by atoms with van der Waals surface area (Å²) in [6, 6.07) is 42.5. The van der Waals surface area contributed by atoms with Crippen LogP contribution in [0.4, 0.5) is 0 Å². The molecular weight excluding hydrogens is 815 g/mol. The summed E-state index contributed by atoms with van der Waals surface area (Å²) in [5.74, 6) is 0. The minimum absolute atomic E-state index is 0. The number of hydrogen-bond donors (Lipinski definition) is 0. The van der Waals surface area contributed by atoms with Gasteiger partial charge in [-0.15, -0.1) is 53.6 Å². The van der Waals surface area contributed by atoms with Crippen LogP contribution in [0.2, 0.25) is 0 Å². The fourth-order valence-electron chi connectivity index (χ4n) is 6.55. The Labute approximate surface area is 326 Å². The van der Waals surface area contributed by atoms with Gasteiger partial charge in [0.15, 0.2) is 0 Å². The van der Waals surface area contributed by atoms with Crippen molar-refractivity contribution in [1.82, 2.24) is 15.0 Å². The van der Waals surface area contributed by atoms with Gasteiger partial charge in [0.05, 0.1) is 11.1 Å². The van der Waals surface area contributed by atoms with Crippen molar-refractivity contribution in [2.24, 2.45) is 0 Å². The van der Waals surface area contributed by atoms with Crippen molar-refractivity contribution in [3.8, 4) is 33.6 Å². The van der Waals surface area contributed by atoms with E-state index in [1.54, 1.807) is 12.3 Å². The molecule has 5 heteroatoms. The second kappa shape index (κ2) is 14.3. The van der Waals surface area contributed by atoms with Crippen LogP contribution in [-0.2, 0) is 25.5 Å². The van der Waals surface area contributed by atoms with Crippen molar-refractivity contribution < 1.29 is 32.7 Å². The van der Waals surface area contributed by atoms with Crippen LogP contribution in [0.1, 0.15) is 45.7 Å². The first-order valence-electron chi connectivity index (χ1n) is 19.8. The van der Waals surface area contributed by atoms with Crippen molar-refractivity contribution in [2.45, 2.75) is 39.9 Å². The van der Waals surface area contributed by atoms with Crippen LogP contribution in [0, 0.1) is 25.8 Å². The van der Waals surface area contributed by atoms with Gasteiger partial charge in [-0.25, -0.2) is 0 Å². The Kier molecular flexibility index (Phi) is 7.72. The molecule has 0 N–H and O–H groups in total. The molecule has 1 radical (unpaired) electrons. The van der Waals surface area contributed by atoms with Crippen LogP contribution in [0.15, 0.2) is 138 Å². The van der Waals surface area contributed by atoms with Crippen LogP contribution in [0.3, 0.4) is 0 Å². The zero-order valence-electron chi connectivity index (χ0n) is 34.8. The number of aryl methyl sites for hydroxylation is 2. The number of pyridine rings is 3. The molecule has 9 aromatic rings. The summed E-state index contributed by atoms with van der Waals surface area (Å²) in [5.41, 5.74) is 7.60. The van der Waals surface area contributed by atoms with Gasteiger partial charge in [-0.05, 0) is 75.6 Å². The normalized spacial score (nSPS) is 13.6. The Morgan fingerprint density at radius 2 is 1.56 bits per heavy atom. The molecule has 4 aromatic heterocycles. The van der Waals surface area contributed by atoms with Crippen LogP contribution < -0.4 is 0 Å². The molecule has 4 heterocycles. The average Bonchev–Trinajstić information content (AvgIpc) is 3.59. The average molecular weight is 858 g/mol. The van der Waals surface area contributed by atoms with E-state index in [1.807, 2.05) is 79.1 Å². The smallest absolute Gasteiger partial charge is 0.121 e. The van der Waals surface area contributed by atoms with Crippen LogP contribution in [0.5, 0.6) is 0 Å². The van der Waals surface area contributed by atoms with E-state index in [4.69, 9.17) is 17.6 Å². The predicted molar refractivity (Wildman–Crippen MR) is 211 cm³/mol. The summed E-state index contributed by atoms with van der Waals surface area (Å²) in [6.45, 7) is 1.64. The van der Waals surface area contributed by atoms with Crippen LogP contribution >= 0.6 is 0 Å². The molecule has 5 aromatic carbocycles. The van der Waals surface area contributed by atoms with E-state index in [1.165, 1.54) is 18.2 Å². The summed E-state index contributed by atoms with van der Waals surface area (Å²) < 4.78 is 54.4. The van der Waals surface area contributed by atoms with Gasteiger partial charge in [-0.3, -0.25) is 4.98 Å².